The van der Waals surface area contributed by atoms with Gasteiger partial charge >= 0.3 is 0 Å². The van der Waals surface area contributed by atoms with E-state index in [2.05, 4.69) is 24.3 Å². The van der Waals surface area contributed by atoms with Gasteiger partial charge in [0.1, 0.15) is 6.10 Å². The van der Waals surface area contributed by atoms with Crippen LogP contribution in [0.25, 0.3) is 11.1 Å². The number of rotatable bonds is 5. The Labute approximate surface area is 114 Å². The summed E-state index contributed by atoms with van der Waals surface area (Å²) >= 11 is 0. The first-order valence-electron chi connectivity index (χ1n) is 6.62. The van der Waals surface area contributed by atoms with Gasteiger partial charge in [-0.25, -0.2) is 0 Å². The Balaban J connectivity index is 2.23. The van der Waals surface area contributed by atoms with E-state index >= 15 is 0 Å². The molecule has 2 atom stereocenters. The highest BCUT2D eigenvalue weighted by molar-refractivity contribution is 5.63. The zero-order valence-electron chi connectivity index (χ0n) is 11.4. The third-order valence-electron chi connectivity index (χ3n) is 3.37. The third kappa shape index (κ3) is 3.22. The number of aliphatic hydroxyl groups is 1. The number of methoxy groups -OCH3 is 1. The number of aliphatic hydroxyl groups excluding tert-OH is 1. The molecule has 100 valence electrons. The first kappa shape index (κ1) is 13.8. The van der Waals surface area contributed by atoms with E-state index < -0.39 is 6.10 Å². The predicted molar refractivity (Wildman–Crippen MR) is 77.9 cm³/mol. The molecule has 0 radical (unpaired) electrons. The maximum atomic E-state index is 9.93. The molecule has 2 nitrogen and oxygen atoms in total. The third-order valence-corrected chi connectivity index (χ3v) is 3.37. The molecule has 0 aliphatic carbocycles. The Morgan fingerprint density at radius 2 is 1.53 bits per heavy atom. The van der Waals surface area contributed by atoms with Gasteiger partial charge in [0, 0.05) is 7.11 Å². The van der Waals surface area contributed by atoms with Crippen LogP contribution in [0.5, 0.6) is 0 Å². The molecule has 0 aliphatic rings. The zero-order valence-corrected chi connectivity index (χ0v) is 11.4. The zero-order chi connectivity index (χ0) is 13.7. The first-order valence-corrected chi connectivity index (χ1v) is 6.62. The van der Waals surface area contributed by atoms with Crippen molar-refractivity contribution in [3.05, 3.63) is 60.2 Å². The SMILES string of the molecule is CCC(O)C(OC)c1ccc(-c2ccccc2)cc1. The molecule has 2 aromatic carbocycles. The summed E-state index contributed by atoms with van der Waals surface area (Å²) in [5.74, 6) is 0. The number of benzene rings is 2. The minimum Gasteiger partial charge on any atom is -0.390 e. The lowest BCUT2D eigenvalue weighted by Gasteiger charge is -2.21. The van der Waals surface area contributed by atoms with Crippen LogP contribution in [0.1, 0.15) is 25.0 Å². The maximum Gasteiger partial charge on any atom is 0.108 e. The maximum absolute atomic E-state index is 9.93. The largest absolute Gasteiger partial charge is 0.390 e. The molecule has 2 unspecified atom stereocenters. The predicted octanol–water partition coefficient (Wildman–Crippen LogP) is 3.81. The van der Waals surface area contributed by atoms with Crippen LogP contribution in [0.3, 0.4) is 0 Å². The molecule has 0 heterocycles. The number of hydrogen-bond acceptors (Lipinski definition) is 2. The van der Waals surface area contributed by atoms with Gasteiger partial charge in [0.2, 0.25) is 0 Å². The molecular formula is C17H20O2. The summed E-state index contributed by atoms with van der Waals surface area (Å²) in [6.07, 6.45) is -0.0405. The van der Waals surface area contributed by atoms with Crippen molar-refractivity contribution in [2.75, 3.05) is 7.11 Å². The molecule has 0 saturated heterocycles. The van der Waals surface area contributed by atoms with E-state index in [1.165, 1.54) is 11.1 Å². The highest BCUT2D eigenvalue weighted by atomic mass is 16.5. The molecule has 1 N–H and O–H groups in total. The van der Waals surface area contributed by atoms with Crippen LogP contribution in [0.4, 0.5) is 0 Å². The second kappa shape index (κ2) is 6.50. The average Bonchev–Trinajstić information content (AvgIpc) is 2.49. The van der Waals surface area contributed by atoms with Gasteiger partial charge in [-0.3, -0.25) is 0 Å². The van der Waals surface area contributed by atoms with Crippen LogP contribution in [0.2, 0.25) is 0 Å². The lowest BCUT2D eigenvalue weighted by molar-refractivity contribution is -0.0148. The quantitative estimate of drug-likeness (QED) is 0.881. The first-order chi connectivity index (χ1) is 9.26. The van der Waals surface area contributed by atoms with E-state index in [1.807, 2.05) is 37.3 Å². The summed E-state index contributed by atoms with van der Waals surface area (Å²) in [6.45, 7) is 1.95. The summed E-state index contributed by atoms with van der Waals surface area (Å²) in [5, 5.41) is 9.93. The monoisotopic (exact) mass is 256 g/mol. The fourth-order valence-corrected chi connectivity index (χ4v) is 2.23. The fourth-order valence-electron chi connectivity index (χ4n) is 2.23. The molecule has 0 spiro atoms. The van der Waals surface area contributed by atoms with Crippen molar-refractivity contribution in [3.63, 3.8) is 0 Å². The summed E-state index contributed by atoms with van der Waals surface area (Å²) in [7, 11) is 1.63. The average molecular weight is 256 g/mol. The molecule has 0 fully saturated rings. The van der Waals surface area contributed by atoms with Crippen molar-refractivity contribution in [2.24, 2.45) is 0 Å². The number of ether oxygens (including phenoxy) is 1. The highest BCUT2D eigenvalue weighted by Gasteiger charge is 2.18. The molecule has 2 aromatic rings. The van der Waals surface area contributed by atoms with Crippen molar-refractivity contribution in [1.29, 1.82) is 0 Å². The van der Waals surface area contributed by atoms with E-state index in [0.29, 0.717) is 6.42 Å². The lowest BCUT2D eigenvalue weighted by Crippen LogP contribution is -2.19. The van der Waals surface area contributed by atoms with E-state index in [1.54, 1.807) is 7.11 Å². The van der Waals surface area contributed by atoms with E-state index in [4.69, 9.17) is 4.74 Å². The molecule has 19 heavy (non-hydrogen) atoms. The summed E-state index contributed by atoms with van der Waals surface area (Å²) in [6, 6.07) is 18.4. The van der Waals surface area contributed by atoms with Gasteiger partial charge in [0.15, 0.2) is 0 Å². The molecule has 0 saturated carbocycles. The minimum atomic E-state index is -0.465. The van der Waals surface area contributed by atoms with Gasteiger partial charge in [-0.05, 0) is 23.1 Å². The van der Waals surface area contributed by atoms with Crippen LogP contribution >= 0.6 is 0 Å². The summed E-state index contributed by atoms with van der Waals surface area (Å²) < 4.78 is 5.38. The topological polar surface area (TPSA) is 29.5 Å². The second-order valence-corrected chi connectivity index (χ2v) is 4.62. The molecule has 0 amide bonds. The van der Waals surface area contributed by atoms with Gasteiger partial charge in [0.25, 0.3) is 0 Å². The fraction of sp³-hybridized carbons (Fsp3) is 0.294. The Kier molecular flexibility index (Phi) is 4.72. The van der Waals surface area contributed by atoms with Crippen molar-refractivity contribution >= 4 is 0 Å². The normalized spacial score (nSPS) is 14.1. The van der Waals surface area contributed by atoms with Crippen LogP contribution in [-0.4, -0.2) is 18.3 Å². The molecular weight excluding hydrogens is 236 g/mol. The molecule has 0 aromatic heterocycles. The van der Waals surface area contributed by atoms with Crippen LogP contribution in [0, 0.1) is 0 Å². The number of hydrogen-bond donors (Lipinski definition) is 1. The Bertz CT molecular complexity index is 490. The van der Waals surface area contributed by atoms with Gasteiger partial charge in [-0.1, -0.05) is 61.5 Å². The molecule has 0 bridgehead atoms. The molecule has 0 aliphatic heterocycles. The lowest BCUT2D eigenvalue weighted by atomic mass is 9.98. The Morgan fingerprint density at radius 1 is 0.947 bits per heavy atom. The standard InChI is InChI=1S/C17H20O2/c1-3-16(18)17(19-2)15-11-9-14(10-12-15)13-7-5-4-6-8-13/h4-12,16-18H,3H2,1-2H3. The van der Waals surface area contributed by atoms with E-state index in [-0.39, 0.29) is 6.10 Å². The van der Waals surface area contributed by atoms with Gasteiger partial charge in [-0.15, -0.1) is 0 Å². The van der Waals surface area contributed by atoms with Gasteiger partial charge in [0.05, 0.1) is 6.10 Å². The molecule has 2 rings (SSSR count). The minimum absolute atomic E-state index is 0.255. The summed E-state index contributed by atoms with van der Waals surface area (Å²) in [5.41, 5.74) is 3.38. The van der Waals surface area contributed by atoms with Crippen LogP contribution in [0.15, 0.2) is 54.6 Å². The van der Waals surface area contributed by atoms with Crippen LogP contribution in [-0.2, 0) is 4.74 Å². The Morgan fingerprint density at radius 3 is 2.05 bits per heavy atom. The Hall–Kier alpha value is -1.64. The van der Waals surface area contributed by atoms with Gasteiger partial charge in [-0.2, -0.15) is 0 Å². The van der Waals surface area contributed by atoms with Crippen molar-refractivity contribution in [3.8, 4) is 11.1 Å². The van der Waals surface area contributed by atoms with Crippen molar-refractivity contribution in [1.82, 2.24) is 0 Å². The smallest absolute Gasteiger partial charge is 0.108 e. The molecule has 2 heteroatoms. The van der Waals surface area contributed by atoms with Gasteiger partial charge < -0.3 is 9.84 Å². The second-order valence-electron chi connectivity index (χ2n) is 4.62. The summed E-state index contributed by atoms with van der Waals surface area (Å²) in [4.78, 5) is 0. The van der Waals surface area contributed by atoms with Crippen LogP contribution < -0.4 is 0 Å². The van der Waals surface area contributed by atoms with E-state index in [9.17, 15) is 5.11 Å². The van der Waals surface area contributed by atoms with Crippen molar-refractivity contribution in [2.45, 2.75) is 25.6 Å². The highest BCUT2D eigenvalue weighted by Crippen LogP contribution is 2.26. The van der Waals surface area contributed by atoms with Crippen molar-refractivity contribution < 1.29 is 9.84 Å². The van der Waals surface area contributed by atoms with E-state index in [0.717, 1.165) is 5.56 Å².